The number of nitrogens with zero attached hydrogens (tertiary/aromatic N) is 1. The highest BCUT2D eigenvalue weighted by molar-refractivity contribution is 6.35. The minimum absolute atomic E-state index is 0.119. The lowest BCUT2D eigenvalue weighted by atomic mass is 9.94. The van der Waals surface area contributed by atoms with E-state index in [-0.39, 0.29) is 11.5 Å². The zero-order chi connectivity index (χ0) is 13.9. The van der Waals surface area contributed by atoms with Gasteiger partial charge in [0.1, 0.15) is 0 Å². The van der Waals surface area contributed by atoms with Crippen LogP contribution in [0.15, 0.2) is 18.2 Å². The van der Waals surface area contributed by atoms with E-state index < -0.39 is 0 Å². The van der Waals surface area contributed by atoms with E-state index in [1.165, 1.54) is 0 Å². The van der Waals surface area contributed by atoms with Crippen LogP contribution < -0.4 is 5.73 Å². The lowest BCUT2D eigenvalue weighted by Gasteiger charge is -2.33. The molecule has 0 aliphatic carbocycles. The number of halogens is 2. The Labute approximate surface area is 120 Å². The molecule has 102 valence electrons. The van der Waals surface area contributed by atoms with Crippen LogP contribution in [0, 0.1) is 5.41 Å². The molecule has 0 saturated heterocycles. The van der Waals surface area contributed by atoms with Gasteiger partial charge in [0.15, 0.2) is 0 Å². The standard InChI is InChI=1S/C14H22Cl2N2/c1-14(2,3)9-18(4)13(8-17)11-6-5-10(15)7-12(11)16/h5-7,13H,8-9,17H2,1-4H3. The fraction of sp³-hybridized carbons (Fsp3) is 0.571. The molecule has 0 spiro atoms. The molecule has 1 unspecified atom stereocenters. The second kappa shape index (κ2) is 6.25. The molecular weight excluding hydrogens is 267 g/mol. The van der Waals surface area contributed by atoms with E-state index in [2.05, 4.69) is 32.7 Å². The van der Waals surface area contributed by atoms with Crippen molar-refractivity contribution >= 4 is 23.2 Å². The molecule has 1 rings (SSSR count). The topological polar surface area (TPSA) is 29.3 Å². The number of likely N-dealkylation sites (N-methyl/N-ethyl adjacent to an activating group) is 1. The Hall–Kier alpha value is -0.280. The van der Waals surface area contributed by atoms with Gasteiger partial charge in [-0.2, -0.15) is 0 Å². The molecule has 0 bridgehead atoms. The Morgan fingerprint density at radius 3 is 2.33 bits per heavy atom. The first-order chi connectivity index (χ1) is 8.24. The summed E-state index contributed by atoms with van der Waals surface area (Å²) in [6.07, 6.45) is 0. The van der Waals surface area contributed by atoms with Crippen molar-refractivity contribution in [3.63, 3.8) is 0 Å². The summed E-state index contributed by atoms with van der Waals surface area (Å²) in [4.78, 5) is 2.25. The van der Waals surface area contributed by atoms with Gasteiger partial charge in [0.25, 0.3) is 0 Å². The van der Waals surface area contributed by atoms with E-state index in [0.29, 0.717) is 16.6 Å². The molecule has 0 amide bonds. The van der Waals surface area contributed by atoms with Crippen molar-refractivity contribution in [3.05, 3.63) is 33.8 Å². The van der Waals surface area contributed by atoms with Gasteiger partial charge in [0.2, 0.25) is 0 Å². The molecule has 0 aliphatic rings. The average molecular weight is 289 g/mol. The van der Waals surface area contributed by atoms with Gasteiger partial charge in [0.05, 0.1) is 0 Å². The van der Waals surface area contributed by atoms with Gasteiger partial charge in [-0.15, -0.1) is 0 Å². The van der Waals surface area contributed by atoms with Crippen LogP contribution in [0.25, 0.3) is 0 Å². The predicted molar refractivity (Wildman–Crippen MR) is 80.3 cm³/mol. The minimum Gasteiger partial charge on any atom is -0.329 e. The van der Waals surface area contributed by atoms with E-state index in [1.54, 1.807) is 6.07 Å². The van der Waals surface area contributed by atoms with E-state index in [0.717, 1.165) is 12.1 Å². The third-order valence-electron chi connectivity index (χ3n) is 2.80. The molecule has 0 saturated carbocycles. The zero-order valence-electron chi connectivity index (χ0n) is 11.5. The second-order valence-corrected chi connectivity index (χ2v) is 6.74. The SMILES string of the molecule is CN(CC(C)(C)C)C(CN)c1ccc(Cl)cc1Cl. The number of hydrogen-bond donors (Lipinski definition) is 1. The first kappa shape index (κ1) is 15.8. The average Bonchev–Trinajstić information content (AvgIpc) is 2.19. The molecule has 18 heavy (non-hydrogen) atoms. The zero-order valence-corrected chi connectivity index (χ0v) is 13.0. The molecule has 0 aromatic heterocycles. The van der Waals surface area contributed by atoms with E-state index in [4.69, 9.17) is 28.9 Å². The highest BCUT2D eigenvalue weighted by Crippen LogP contribution is 2.30. The van der Waals surface area contributed by atoms with Crippen molar-refractivity contribution in [3.8, 4) is 0 Å². The van der Waals surface area contributed by atoms with Crippen LogP contribution in [0.5, 0.6) is 0 Å². The lowest BCUT2D eigenvalue weighted by Crippen LogP contribution is -2.36. The summed E-state index contributed by atoms with van der Waals surface area (Å²) < 4.78 is 0. The summed E-state index contributed by atoms with van der Waals surface area (Å²) in [5.74, 6) is 0. The molecule has 4 heteroatoms. The maximum absolute atomic E-state index is 6.25. The summed E-state index contributed by atoms with van der Waals surface area (Å²) >= 11 is 12.2. The summed E-state index contributed by atoms with van der Waals surface area (Å²) in [5, 5.41) is 1.33. The Morgan fingerprint density at radius 1 is 1.28 bits per heavy atom. The third kappa shape index (κ3) is 4.43. The fourth-order valence-corrected chi connectivity index (χ4v) is 2.71. The van der Waals surface area contributed by atoms with Crippen LogP contribution in [0.4, 0.5) is 0 Å². The third-order valence-corrected chi connectivity index (χ3v) is 3.36. The van der Waals surface area contributed by atoms with Crippen molar-refractivity contribution in [2.75, 3.05) is 20.1 Å². The quantitative estimate of drug-likeness (QED) is 0.908. The molecule has 0 radical (unpaired) electrons. The summed E-state index contributed by atoms with van der Waals surface area (Å²) in [6, 6.07) is 5.71. The van der Waals surface area contributed by atoms with Gasteiger partial charge < -0.3 is 5.73 Å². The van der Waals surface area contributed by atoms with E-state index in [1.807, 2.05) is 12.1 Å². The van der Waals surface area contributed by atoms with Gasteiger partial charge in [-0.3, -0.25) is 4.90 Å². The number of nitrogens with two attached hydrogens (primary N) is 1. The van der Waals surface area contributed by atoms with Crippen molar-refractivity contribution in [1.29, 1.82) is 0 Å². The summed E-state index contributed by atoms with van der Waals surface area (Å²) in [5.41, 5.74) is 7.16. The van der Waals surface area contributed by atoms with Crippen LogP contribution in [0.2, 0.25) is 10.0 Å². The molecule has 0 fully saturated rings. The first-order valence-corrected chi connectivity index (χ1v) is 6.85. The molecular formula is C14H22Cl2N2. The molecule has 1 aromatic carbocycles. The normalized spacial score (nSPS) is 14.0. The van der Waals surface area contributed by atoms with Crippen molar-refractivity contribution < 1.29 is 0 Å². The van der Waals surface area contributed by atoms with Crippen molar-refractivity contribution in [2.24, 2.45) is 11.1 Å². The highest BCUT2D eigenvalue weighted by Gasteiger charge is 2.22. The Morgan fingerprint density at radius 2 is 1.89 bits per heavy atom. The smallest absolute Gasteiger partial charge is 0.0482 e. The van der Waals surface area contributed by atoms with Crippen LogP contribution in [0.3, 0.4) is 0 Å². The first-order valence-electron chi connectivity index (χ1n) is 6.10. The van der Waals surface area contributed by atoms with Crippen LogP contribution in [-0.2, 0) is 0 Å². The second-order valence-electron chi connectivity index (χ2n) is 5.89. The molecule has 1 atom stereocenters. The van der Waals surface area contributed by atoms with E-state index in [9.17, 15) is 0 Å². The Kier molecular flexibility index (Phi) is 5.47. The Bertz CT molecular complexity index is 399. The van der Waals surface area contributed by atoms with Gasteiger partial charge in [0, 0.05) is 29.2 Å². The minimum atomic E-state index is 0.119. The maximum atomic E-state index is 6.25. The van der Waals surface area contributed by atoms with Crippen LogP contribution >= 0.6 is 23.2 Å². The molecule has 0 aliphatic heterocycles. The fourth-order valence-electron chi connectivity index (χ4n) is 2.17. The summed E-state index contributed by atoms with van der Waals surface area (Å²) in [7, 11) is 2.08. The molecule has 2 nitrogen and oxygen atoms in total. The van der Waals surface area contributed by atoms with Crippen molar-refractivity contribution in [2.45, 2.75) is 26.8 Å². The Balaban J connectivity index is 2.95. The number of benzene rings is 1. The van der Waals surface area contributed by atoms with Gasteiger partial charge in [-0.25, -0.2) is 0 Å². The largest absolute Gasteiger partial charge is 0.329 e. The molecule has 1 aromatic rings. The van der Waals surface area contributed by atoms with Gasteiger partial charge in [-0.1, -0.05) is 50.0 Å². The number of rotatable bonds is 4. The molecule has 0 heterocycles. The van der Waals surface area contributed by atoms with E-state index >= 15 is 0 Å². The van der Waals surface area contributed by atoms with Crippen LogP contribution in [0.1, 0.15) is 32.4 Å². The maximum Gasteiger partial charge on any atom is 0.0482 e. The number of hydrogen-bond acceptors (Lipinski definition) is 2. The lowest BCUT2D eigenvalue weighted by molar-refractivity contribution is 0.176. The molecule has 2 N–H and O–H groups in total. The monoisotopic (exact) mass is 288 g/mol. The van der Waals surface area contributed by atoms with Crippen LogP contribution in [-0.4, -0.2) is 25.0 Å². The van der Waals surface area contributed by atoms with Gasteiger partial charge in [-0.05, 0) is 30.2 Å². The van der Waals surface area contributed by atoms with Gasteiger partial charge >= 0.3 is 0 Å². The predicted octanol–water partition coefficient (Wildman–Crippen LogP) is 3.97. The summed E-state index contributed by atoms with van der Waals surface area (Å²) in [6.45, 7) is 8.11. The van der Waals surface area contributed by atoms with Crippen molar-refractivity contribution in [1.82, 2.24) is 4.90 Å². The highest BCUT2D eigenvalue weighted by atomic mass is 35.5.